The molecule has 114 valence electrons. The van der Waals surface area contributed by atoms with Crippen LogP contribution in [0.1, 0.15) is 30.7 Å². The molecule has 2 aromatic rings. The van der Waals surface area contributed by atoms with E-state index in [1.807, 2.05) is 38.1 Å². The van der Waals surface area contributed by atoms with Gasteiger partial charge in [0, 0.05) is 17.4 Å². The van der Waals surface area contributed by atoms with E-state index < -0.39 is 0 Å². The van der Waals surface area contributed by atoms with Crippen LogP contribution >= 0.6 is 0 Å². The van der Waals surface area contributed by atoms with Crippen LogP contribution in [0.4, 0.5) is 5.69 Å². The van der Waals surface area contributed by atoms with E-state index in [1.165, 1.54) is 0 Å². The normalized spacial score (nSPS) is 14.0. The molecule has 1 aromatic heterocycles. The van der Waals surface area contributed by atoms with Crippen molar-refractivity contribution in [3.8, 4) is 5.75 Å². The van der Waals surface area contributed by atoms with Gasteiger partial charge in [0.1, 0.15) is 5.75 Å². The van der Waals surface area contributed by atoms with E-state index in [1.54, 1.807) is 25.5 Å². The van der Waals surface area contributed by atoms with E-state index in [4.69, 9.17) is 4.74 Å². The number of amides is 1. The number of carbonyl (C=O) groups excluding carboxylic acids is 1. The zero-order valence-electron chi connectivity index (χ0n) is 13.1. The van der Waals surface area contributed by atoms with Crippen molar-refractivity contribution in [1.82, 2.24) is 4.98 Å². The Morgan fingerprint density at radius 3 is 2.68 bits per heavy atom. The van der Waals surface area contributed by atoms with Crippen LogP contribution < -0.4 is 10.1 Å². The van der Waals surface area contributed by atoms with E-state index in [9.17, 15) is 4.79 Å². The molecule has 1 aromatic carbocycles. The Labute approximate surface area is 130 Å². The molecule has 2 heterocycles. The highest BCUT2D eigenvalue weighted by Crippen LogP contribution is 2.37. The fraction of sp³-hybridized carbons (Fsp3) is 0.167. The fourth-order valence-electron chi connectivity index (χ4n) is 2.39. The van der Waals surface area contributed by atoms with Gasteiger partial charge in [-0.2, -0.15) is 0 Å². The monoisotopic (exact) mass is 296 g/mol. The summed E-state index contributed by atoms with van der Waals surface area (Å²) in [7, 11) is 1.60. The van der Waals surface area contributed by atoms with Crippen molar-refractivity contribution in [3.05, 3.63) is 53.9 Å². The number of hydrogen-bond acceptors (Lipinski definition) is 2. The number of rotatable bonds is 3. The van der Waals surface area contributed by atoms with Gasteiger partial charge < -0.3 is 15.0 Å². The number of aromatic amines is 1. The highest BCUT2D eigenvalue weighted by atomic mass is 16.5. The third-order valence-corrected chi connectivity index (χ3v) is 3.33. The van der Waals surface area contributed by atoms with Crippen LogP contribution in [-0.4, -0.2) is 18.0 Å². The molecule has 0 unspecified atom stereocenters. The zero-order valence-corrected chi connectivity index (χ0v) is 13.1. The first-order valence-corrected chi connectivity index (χ1v) is 7.25. The topological polar surface area (TPSA) is 54.1 Å². The van der Waals surface area contributed by atoms with Gasteiger partial charge in [0.15, 0.2) is 0 Å². The highest BCUT2D eigenvalue weighted by molar-refractivity contribution is 6.35. The van der Waals surface area contributed by atoms with Crippen molar-refractivity contribution >= 4 is 29.3 Å². The van der Waals surface area contributed by atoms with Gasteiger partial charge in [-0.25, -0.2) is 0 Å². The molecule has 1 amide bonds. The molecule has 1 aliphatic heterocycles. The van der Waals surface area contributed by atoms with Crippen LogP contribution in [0.3, 0.4) is 0 Å². The maximum absolute atomic E-state index is 12.2. The molecule has 0 aliphatic carbocycles. The number of H-pyrrole nitrogens is 1. The summed E-state index contributed by atoms with van der Waals surface area (Å²) in [6.07, 6.45) is 5.32. The molecule has 0 spiro atoms. The lowest BCUT2D eigenvalue weighted by atomic mass is 9.99. The summed E-state index contributed by atoms with van der Waals surface area (Å²) < 4.78 is 5.25. The number of ether oxygens (including phenoxy) is 1. The lowest BCUT2D eigenvalue weighted by Gasteiger charge is -2.04. The average Bonchev–Trinajstić information content (AvgIpc) is 3.14. The largest absolute Gasteiger partial charge is 0.495 e. The second kappa shape index (κ2) is 6.80. The highest BCUT2D eigenvalue weighted by Gasteiger charge is 2.26. The lowest BCUT2D eigenvalue weighted by molar-refractivity contribution is -0.110. The Hall–Kier alpha value is -2.75. The molecule has 0 saturated heterocycles. The number of anilines is 1. The summed E-state index contributed by atoms with van der Waals surface area (Å²) in [5.41, 5.74) is 3.99. The number of carbonyl (C=O) groups is 1. The molecule has 0 bridgehead atoms. The number of benzene rings is 1. The molecular weight excluding hydrogens is 276 g/mol. The Kier molecular flexibility index (Phi) is 4.84. The van der Waals surface area contributed by atoms with Crippen LogP contribution in [0, 0.1) is 0 Å². The van der Waals surface area contributed by atoms with Crippen LogP contribution in [0.15, 0.2) is 37.0 Å². The van der Waals surface area contributed by atoms with Crippen LogP contribution in [0.2, 0.25) is 0 Å². The maximum atomic E-state index is 12.2. The molecule has 0 radical (unpaired) electrons. The molecule has 4 heteroatoms. The molecule has 0 fully saturated rings. The van der Waals surface area contributed by atoms with Gasteiger partial charge in [-0.05, 0) is 23.8 Å². The van der Waals surface area contributed by atoms with Gasteiger partial charge >= 0.3 is 0 Å². The molecule has 0 atom stereocenters. The predicted molar refractivity (Wildman–Crippen MR) is 91.7 cm³/mol. The van der Waals surface area contributed by atoms with E-state index >= 15 is 0 Å². The molecular formula is C18H20N2O2. The van der Waals surface area contributed by atoms with Gasteiger partial charge in [-0.15, -0.1) is 0 Å². The Balaban J connectivity index is 0.000000847. The minimum atomic E-state index is -0.119. The average molecular weight is 296 g/mol. The smallest absolute Gasteiger partial charge is 0.256 e. The van der Waals surface area contributed by atoms with Crippen molar-refractivity contribution in [1.29, 1.82) is 0 Å². The Morgan fingerprint density at radius 2 is 2.00 bits per heavy atom. The molecule has 22 heavy (non-hydrogen) atoms. The van der Waals surface area contributed by atoms with Crippen LogP contribution in [-0.2, 0) is 4.79 Å². The molecule has 1 aliphatic rings. The molecule has 3 rings (SSSR count). The van der Waals surface area contributed by atoms with Gasteiger partial charge in [0.25, 0.3) is 5.91 Å². The second-order valence-electron chi connectivity index (χ2n) is 4.45. The summed E-state index contributed by atoms with van der Waals surface area (Å²) in [5.74, 6) is 0.584. The number of hydrogen-bond donors (Lipinski definition) is 2. The summed E-state index contributed by atoms with van der Waals surface area (Å²) in [6.45, 7) is 7.80. The summed E-state index contributed by atoms with van der Waals surface area (Å²) in [4.78, 5) is 15.2. The van der Waals surface area contributed by atoms with E-state index in [-0.39, 0.29) is 5.91 Å². The first-order valence-electron chi connectivity index (χ1n) is 7.25. The third kappa shape index (κ3) is 2.68. The Bertz CT molecular complexity index is 726. The fourth-order valence-corrected chi connectivity index (χ4v) is 2.39. The van der Waals surface area contributed by atoms with Gasteiger partial charge in [0.05, 0.1) is 18.4 Å². The Morgan fingerprint density at radius 1 is 1.23 bits per heavy atom. The van der Waals surface area contributed by atoms with E-state index in [0.29, 0.717) is 11.3 Å². The van der Waals surface area contributed by atoms with Crippen LogP contribution in [0.5, 0.6) is 5.75 Å². The van der Waals surface area contributed by atoms with Crippen molar-refractivity contribution in [3.63, 3.8) is 0 Å². The quantitative estimate of drug-likeness (QED) is 0.835. The number of fused-ring (bicyclic) bond motifs is 1. The van der Waals surface area contributed by atoms with Crippen LogP contribution in [0.25, 0.3) is 17.7 Å². The number of methoxy groups -OCH3 is 1. The minimum absolute atomic E-state index is 0.119. The molecule has 4 nitrogen and oxygen atoms in total. The summed E-state index contributed by atoms with van der Waals surface area (Å²) in [5, 5.41) is 2.86. The number of aromatic nitrogens is 1. The summed E-state index contributed by atoms with van der Waals surface area (Å²) >= 11 is 0. The first kappa shape index (κ1) is 15.6. The van der Waals surface area contributed by atoms with Gasteiger partial charge in [-0.1, -0.05) is 38.6 Å². The molecule has 0 saturated carbocycles. The van der Waals surface area contributed by atoms with Crippen molar-refractivity contribution in [2.75, 3.05) is 12.4 Å². The lowest BCUT2D eigenvalue weighted by Crippen LogP contribution is -2.03. The molecule has 2 N–H and O–H groups in total. The maximum Gasteiger partial charge on any atom is 0.256 e. The van der Waals surface area contributed by atoms with Gasteiger partial charge in [-0.3, -0.25) is 4.79 Å². The SMILES string of the molecule is C=Cc1cccc2c1/C(=C/c1[nH]ccc1OC)C(=O)N2.CC. The second-order valence-corrected chi connectivity index (χ2v) is 4.45. The minimum Gasteiger partial charge on any atom is -0.495 e. The van der Waals surface area contributed by atoms with E-state index in [2.05, 4.69) is 16.9 Å². The van der Waals surface area contributed by atoms with E-state index in [0.717, 1.165) is 22.5 Å². The van der Waals surface area contributed by atoms with Gasteiger partial charge in [0.2, 0.25) is 0 Å². The van der Waals surface area contributed by atoms with Crippen molar-refractivity contribution in [2.45, 2.75) is 13.8 Å². The summed E-state index contributed by atoms with van der Waals surface area (Å²) in [6, 6.07) is 7.53. The predicted octanol–water partition coefficient (Wildman–Crippen LogP) is 4.19. The first-order chi connectivity index (χ1) is 10.7. The number of nitrogens with one attached hydrogen (secondary N) is 2. The third-order valence-electron chi connectivity index (χ3n) is 3.33. The zero-order chi connectivity index (χ0) is 16.1. The van der Waals surface area contributed by atoms with Crippen molar-refractivity contribution in [2.24, 2.45) is 0 Å². The standard InChI is InChI=1S/C16H14N2O2.C2H6/c1-3-10-5-4-6-12-15(10)11(16(19)18-12)9-13-14(20-2)7-8-17-13;1-2/h3-9,17H,1H2,2H3,(H,18,19);1-2H3/b11-9-;. The van der Waals surface area contributed by atoms with Crippen molar-refractivity contribution < 1.29 is 9.53 Å².